The van der Waals surface area contributed by atoms with Gasteiger partial charge in [-0.2, -0.15) is 0 Å². The molecule has 0 heterocycles. The van der Waals surface area contributed by atoms with Crippen LogP contribution < -0.4 is 15.4 Å². The van der Waals surface area contributed by atoms with Gasteiger partial charge in [0.1, 0.15) is 12.4 Å². The molecule has 128 valence electrons. The van der Waals surface area contributed by atoms with Gasteiger partial charge in [-0.05, 0) is 48.6 Å². The second kappa shape index (κ2) is 8.39. The Kier molecular flexibility index (Phi) is 6.24. The van der Waals surface area contributed by atoms with E-state index in [9.17, 15) is 4.79 Å². The van der Waals surface area contributed by atoms with E-state index in [-0.39, 0.29) is 6.03 Å². The summed E-state index contributed by atoms with van der Waals surface area (Å²) in [5.41, 5.74) is 4.22. The smallest absolute Gasteiger partial charge is 0.319 e. The van der Waals surface area contributed by atoms with Crippen molar-refractivity contribution >= 4 is 11.7 Å². The number of nitrogens with one attached hydrogen (secondary N) is 2. The Labute approximate surface area is 144 Å². The van der Waals surface area contributed by atoms with Gasteiger partial charge in [-0.25, -0.2) is 4.79 Å². The molecular weight excluding hydrogens is 300 g/mol. The van der Waals surface area contributed by atoms with E-state index < -0.39 is 0 Å². The van der Waals surface area contributed by atoms with Gasteiger partial charge >= 0.3 is 6.03 Å². The summed E-state index contributed by atoms with van der Waals surface area (Å²) in [7, 11) is 0. The number of rotatable bonds is 6. The van der Waals surface area contributed by atoms with Gasteiger partial charge in [-0.15, -0.1) is 0 Å². The molecule has 0 bridgehead atoms. The van der Waals surface area contributed by atoms with Crippen LogP contribution in [0.5, 0.6) is 5.75 Å². The molecule has 0 saturated heterocycles. The Morgan fingerprint density at radius 1 is 1.12 bits per heavy atom. The molecule has 0 aliphatic carbocycles. The standard InChI is InChI=1S/C20H26N2O2/c1-14(2)17-7-5-6-8-18(17)22-20(23)21-11-12-24-19-13-15(3)9-10-16(19)4/h5-10,13-14H,11-12H2,1-4H3,(H2,21,22,23). The highest BCUT2D eigenvalue weighted by molar-refractivity contribution is 5.90. The molecule has 4 heteroatoms. The molecule has 0 fully saturated rings. The lowest BCUT2D eigenvalue weighted by Gasteiger charge is -2.14. The lowest BCUT2D eigenvalue weighted by molar-refractivity contribution is 0.247. The number of aryl methyl sites for hydroxylation is 2. The van der Waals surface area contributed by atoms with E-state index in [1.165, 1.54) is 0 Å². The monoisotopic (exact) mass is 326 g/mol. The van der Waals surface area contributed by atoms with Crippen LogP contribution in [-0.2, 0) is 0 Å². The number of ether oxygens (including phenoxy) is 1. The Morgan fingerprint density at radius 2 is 1.88 bits per heavy atom. The first-order valence-corrected chi connectivity index (χ1v) is 8.31. The number of hydrogen-bond acceptors (Lipinski definition) is 2. The van der Waals surface area contributed by atoms with E-state index in [0.29, 0.717) is 19.1 Å². The number of urea groups is 1. The zero-order valence-electron chi connectivity index (χ0n) is 14.8. The van der Waals surface area contributed by atoms with Crippen molar-refractivity contribution in [3.8, 4) is 5.75 Å². The number of anilines is 1. The lowest BCUT2D eigenvalue weighted by Crippen LogP contribution is -2.32. The van der Waals surface area contributed by atoms with Crippen LogP contribution in [0.1, 0.15) is 36.5 Å². The predicted octanol–water partition coefficient (Wildman–Crippen LogP) is 4.63. The second-order valence-electron chi connectivity index (χ2n) is 6.24. The summed E-state index contributed by atoms with van der Waals surface area (Å²) >= 11 is 0. The van der Waals surface area contributed by atoms with Crippen molar-refractivity contribution < 1.29 is 9.53 Å². The van der Waals surface area contributed by atoms with Gasteiger partial charge in [-0.3, -0.25) is 0 Å². The minimum atomic E-state index is -0.215. The molecule has 2 N–H and O–H groups in total. The van der Waals surface area contributed by atoms with Crippen molar-refractivity contribution in [1.29, 1.82) is 0 Å². The van der Waals surface area contributed by atoms with Crippen LogP contribution in [0.3, 0.4) is 0 Å². The van der Waals surface area contributed by atoms with E-state index in [0.717, 1.165) is 28.1 Å². The Morgan fingerprint density at radius 3 is 2.62 bits per heavy atom. The quantitative estimate of drug-likeness (QED) is 0.761. The number of para-hydroxylation sites is 1. The zero-order valence-corrected chi connectivity index (χ0v) is 14.8. The van der Waals surface area contributed by atoms with Gasteiger partial charge in [-0.1, -0.05) is 44.2 Å². The first-order chi connectivity index (χ1) is 11.5. The van der Waals surface area contributed by atoms with Crippen molar-refractivity contribution in [2.45, 2.75) is 33.6 Å². The molecule has 2 aromatic rings. The van der Waals surface area contributed by atoms with E-state index >= 15 is 0 Å². The van der Waals surface area contributed by atoms with Crippen LogP contribution in [0.25, 0.3) is 0 Å². The second-order valence-corrected chi connectivity index (χ2v) is 6.24. The fourth-order valence-electron chi connectivity index (χ4n) is 2.47. The highest BCUT2D eigenvalue weighted by Crippen LogP contribution is 2.23. The summed E-state index contributed by atoms with van der Waals surface area (Å²) in [6, 6.07) is 13.7. The molecule has 0 aliphatic heterocycles. The molecule has 0 spiro atoms. The van der Waals surface area contributed by atoms with Gasteiger partial charge in [0.25, 0.3) is 0 Å². The van der Waals surface area contributed by atoms with E-state index in [4.69, 9.17) is 4.74 Å². The van der Waals surface area contributed by atoms with Crippen molar-refractivity contribution in [3.05, 3.63) is 59.2 Å². The molecular formula is C20H26N2O2. The molecule has 0 radical (unpaired) electrons. The average molecular weight is 326 g/mol. The van der Waals surface area contributed by atoms with E-state index in [1.54, 1.807) is 0 Å². The van der Waals surface area contributed by atoms with Gasteiger partial charge in [0.15, 0.2) is 0 Å². The van der Waals surface area contributed by atoms with Gasteiger partial charge in [0, 0.05) is 5.69 Å². The van der Waals surface area contributed by atoms with E-state index in [1.807, 2.05) is 50.2 Å². The summed E-state index contributed by atoms with van der Waals surface area (Å²) in [4.78, 5) is 12.0. The molecule has 2 rings (SSSR count). The number of benzene rings is 2. The number of carbonyl (C=O) groups is 1. The van der Waals surface area contributed by atoms with Crippen LogP contribution in [-0.4, -0.2) is 19.2 Å². The summed E-state index contributed by atoms with van der Waals surface area (Å²) in [5, 5.41) is 5.73. The number of carbonyl (C=O) groups excluding carboxylic acids is 1. The predicted molar refractivity (Wildman–Crippen MR) is 99.0 cm³/mol. The van der Waals surface area contributed by atoms with Gasteiger partial charge in [0.05, 0.1) is 6.54 Å². The molecule has 4 nitrogen and oxygen atoms in total. The third kappa shape index (κ3) is 5.01. The molecule has 0 atom stereocenters. The van der Waals surface area contributed by atoms with Crippen LogP contribution >= 0.6 is 0 Å². The Bertz CT molecular complexity index is 696. The zero-order chi connectivity index (χ0) is 17.5. The van der Waals surface area contributed by atoms with Crippen molar-refractivity contribution in [2.75, 3.05) is 18.5 Å². The number of hydrogen-bond donors (Lipinski definition) is 2. The SMILES string of the molecule is Cc1ccc(C)c(OCCNC(=O)Nc2ccccc2C(C)C)c1. The highest BCUT2D eigenvalue weighted by atomic mass is 16.5. The maximum Gasteiger partial charge on any atom is 0.319 e. The van der Waals surface area contributed by atoms with Crippen LogP contribution in [0.4, 0.5) is 10.5 Å². The number of amides is 2. The fraction of sp³-hybridized carbons (Fsp3) is 0.350. The first kappa shape index (κ1) is 17.9. The first-order valence-electron chi connectivity index (χ1n) is 8.31. The van der Waals surface area contributed by atoms with Crippen LogP contribution in [0.15, 0.2) is 42.5 Å². The van der Waals surface area contributed by atoms with Gasteiger partial charge < -0.3 is 15.4 Å². The third-order valence-electron chi connectivity index (χ3n) is 3.82. The van der Waals surface area contributed by atoms with Crippen molar-refractivity contribution in [1.82, 2.24) is 5.32 Å². The van der Waals surface area contributed by atoms with Crippen LogP contribution in [0, 0.1) is 13.8 Å². The van der Waals surface area contributed by atoms with Crippen molar-refractivity contribution in [2.24, 2.45) is 0 Å². The summed E-state index contributed by atoms with van der Waals surface area (Å²) in [6.07, 6.45) is 0. The molecule has 2 amide bonds. The molecule has 0 saturated carbocycles. The van der Waals surface area contributed by atoms with Crippen molar-refractivity contribution in [3.63, 3.8) is 0 Å². The van der Waals surface area contributed by atoms with Gasteiger partial charge in [0.2, 0.25) is 0 Å². The highest BCUT2D eigenvalue weighted by Gasteiger charge is 2.08. The summed E-state index contributed by atoms with van der Waals surface area (Å²) in [5.74, 6) is 1.22. The fourth-order valence-corrected chi connectivity index (χ4v) is 2.47. The normalized spacial score (nSPS) is 10.5. The van der Waals surface area contributed by atoms with E-state index in [2.05, 4.69) is 30.5 Å². The topological polar surface area (TPSA) is 50.4 Å². The maximum absolute atomic E-state index is 12.0. The largest absolute Gasteiger partial charge is 0.491 e. The average Bonchev–Trinajstić information content (AvgIpc) is 2.55. The maximum atomic E-state index is 12.0. The molecule has 0 aromatic heterocycles. The third-order valence-corrected chi connectivity index (χ3v) is 3.82. The lowest BCUT2D eigenvalue weighted by atomic mass is 10.0. The molecule has 24 heavy (non-hydrogen) atoms. The Hall–Kier alpha value is -2.49. The summed E-state index contributed by atoms with van der Waals surface area (Å²) in [6.45, 7) is 9.14. The molecule has 0 aliphatic rings. The minimum absolute atomic E-state index is 0.215. The molecule has 2 aromatic carbocycles. The summed E-state index contributed by atoms with van der Waals surface area (Å²) < 4.78 is 5.74. The van der Waals surface area contributed by atoms with Crippen LogP contribution in [0.2, 0.25) is 0 Å². The minimum Gasteiger partial charge on any atom is -0.491 e. The molecule has 0 unspecified atom stereocenters. The Balaban J connectivity index is 1.81.